The van der Waals surface area contributed by atoms with Crippen LogP contribution in [0.3, 0.4) is 0 Å². The largest absolute Gasteiger partial charge is 0.394 e. The third-order valence-corrected chi connectivity index (χ3v) is 5.92. The second kappa shape index (κ2) is 8.94. The van der Waals surface area contributed by atoms with Crippen LogP contribution in [-0.2, 0) is 18.0 Å². The van der Waals surface area contributed by atoms with Gasteiger partial charge in [-0.2, -0.15) is 0 Å². The summed E-state index contributed by atoms with van der Waals surface area (Å²) in [6.45, 7) is 7.61. The first-order chi connectivity index (χ1) is 13.4. The number of rotatable bonds is 8. The molecule has 0 unspecified atom stereocenters. The van der Waals surface area contributed by atoms with E-state index in [0.29, 0.717) is 24.2 Å². The zero-order chi connectivity index (χ0) is 20.3. The van der Waals surface area contributed by atoms with E-state index >= 15 is 0 Å². The Morgan fingerprint density at radius 3 is 2.79 bits per heavy atom. The number of fused-ring (bicyclic) bond motifs is 1. The number of nitrogens with two attached hydrogens (primary N) is 1. The molecule has 0 fully saturated rings. The van der Waals surface area contributed by atoms with Gasteiger partial charge in [-0.3, -0.25) is 9.90 Å². The van der Waals surface area contributed by atoms with Gasteiger partial charge in [0.05, 0.1) is 36.0 Å². The van der Waals surface area contributed by atoms with Crippen LogP contribution < -0.4 is 5.73 Å². The molecule has 0 aliphatic carbocycles. The lowest BCUT2D eigenvalue weighted by atomic mass is 10.0. The van der Waals surface area contributed by atoms with Crippen molar-refractivity contribution in [2.75, 3.05) is 19.4 Å². The van der Waals surface area contributed by atoms with Crippen molar-refractivity contribution < 1.29 is 9.94 Å². The summed E-state index contributed by atoms with van der Waals surface area (Å²) in [7, 11) is 2.00. The van der Waals surface area contributed by atoms with E-state index in [1.165, 1.54) is 16.9 Å². The first kappa shape index (κ1) is 20.6. The number of anilines is 1. The molecule has 1 atom stereocenters. The predicted octanol–water partition coefficient (Wildman–Crippen LogP) is 3.62. The molecule has 0 bridgehead atoms. The molecule has 3 N–H and O–H groups in total. The number of aliphatic hydroxyl groups excluding tert-OH is 1. The number of aryl methyl sites for hydroxylation is 1. The lowest BCUT2D eigenvalue weighted by molar-refractivity contribution is -0.139. The molecule has 0 radical (unpaired) electrons. The Morgan fingerprint density at radius 1 is 1.36 bits per heavy atom. The van der Waals surface area contributed by atoms with Crippen molar-refractivity contribution >= 4 is 22.2 Å². The number of aliphatic hydroxyl groups is 1. The minimum Gasteiger partial charge on any atom is -0.394 e. The number of thiazole rings is 1. The highest BCUT2D eigenvalue weighted by atomic mass is 32.1. The number of likely N-dealkylation sites (N-methyl/N-ethyl adjacent to an activating group) is 1. The summed E-state index contributed by atoms with van der Waals surface area (Å²) in [5.41, 5.74) is 10.2. The van der Waals surface area contributed by atoms with E-state index in [0.717, 1.165) is 28.3 Å². The third-order valence-electron chi connectivity index (χ3n) is 5.05. The fraction of sp³-hybridized carbons (Fsp3) is 0.476. The summed E-state index contributed by atoms with van der Waals surface area (Å²) in [6.07, 6.45) is 2.87. The maximum atomic E-state index is 9.92. The van der Waals surface area contributed by atoms with Crippen molar-refractivity contribution in [3.05, 3.63) is 52.2 Å². The Balaban J connectivity index is 1.83. The molecule has 152 valence electrons. The zero-order valence-electron chi connectivity index (χ0n) is 17.1. The van der Waals surface area contributed by atoms with Gasteiger partial charge in [0.25, 0.3) is 0 Å². The number of hydrogen-bond donors (Lipinski definition) is 2. The maximum absolute atomic E-state index is 9.92. The van der Waals surface area contributed by atoms with Crippen molar-refractivity contribution in [1.82, 2.24) is 14.9 Å². The van der Waals surface area contributed by atoms with Crippen LogP contribution >= 0.6 is 11.3 Å². The van der Waals surface area contributed by atoms with Crippen molar-refractivity contribution in [2.45, 2.75) is 46.4 Å². The van der Waals surface area contributed by atoms with E-state index in [1.807, 2.05) is 30.4 Å². The summed E-state index contributed by atoms with van der Waals surface area (Å²) in [5, 5.41) is 12.3. The summed E-state index contributed by atoms with van der Waals surface area (Å²) in [5.74, 6) is 0.483. The first-order valence-electron chi connectivity index (χ1n) is 9.64. The number of hydroxylamine groups is 2. The molecule has 2 heterocycles. The molecular formula is C21H30N4O2S. The molecular weight excluding hydrogens is 372 g/mol. The molecule has 1 aliphatic heterocycles. The molecule has 0 saturated heterocycles. The molecule has 1 aliphatic rings. The van der Waals surface area contributed by atoms with Gasteiger partial charge in [0.1, 0.15) is 12.3 Å². The molecule has 28 heavy (non-hydrogen) atoms. The van der Waals surface area contributed by atoms with Crippen LogP contribution in [-0.4, -0.2) is 39.8 Å². The lowest BCUT2D eigenvalue weighted by Gasteiger charge is -2.35. The van der Waals surface area contributed by atoms with Crippen LogP contribution in [0.25, 0.3) is 5.70 Å². The van der Waals surface area contributed by atoms with Gasteiger partial charge >= 0.3 is 0 Å². The van der Waals surface area contributed by atoms with Gasteiger partial charge in [0.2, 0.25) is 0 Å². The first-order valence-corrected chi connectivity index (χ1v) is 10.5. The summed E-state index contributed by atoms with van der Waals surface area (Å²) >= 11 is 1.49. The fourth-order valence-electron chi connectivity index (χ4n) is 3.42. The molecule has 1 aromatic carbocycles. The number of benzene rings is 1. The Bertz CT molecular complexity index is 834. The van der Waals surface area contributed by atoms with Gasteiger partial charge in [-0.1, -0.05) is 49.4 Å². The van der Waals surface area contributed by atoms with Crippen LogP contribution in [0.15, 0.2) is 30.5 Å². The number of nitrogen functional groups attached to an aromatic ring is 1. The topological polar surface area (TPSA) is 74.8 Å². The lowest BCUT2D eigenvalue weighted by Crippen LogP contribution is -2.37. The average Bonchev–Trinajstić information content (AvgIpc) is 3.04. The number of nitrogens with zero attached hydrogens (tertiary/aromatic N) is 3. The van der Waals surface area contributed by atoms with E-state index in [-0.39, 0.29) is 12.6 Å². The van der Waals surface area contributed by atoms with Gasteiger partial charge in [-0.25, -0.2) is 4.98 Å². The van der Waals surface area contributed by atoms with Gasteiger partial charge < -0.3 is 15.7 Å². The Morgan fingerprint density at radius 2 is 2.11 bits per heavy atom. The second-order valence-electron chi connectivity index (χ2n) is 7.69. The molecule has 2 aromatic rings. The van der Waals surface area contributed by atoms with E-state index < -0.39 is 0 Å². The van der Waals surface area contributed by atoms with Crippen molar-refractivity contribution in [3.63, 3.8) is 0 Å². The predicted molar refractivity (Wildman–Crippen MR) is 114 cm³/mol. The zero-order valence-corrected chi connectivity index (χ0v) is 17.9. The average molecular weight is 403 g/mol. The minimum atomic E-state index is 0.0124. The molecule has 0 amide bonds. The van der Waals surface area contributed by atoms with E-state index in [9.17, 15) is 5.11 Å². The smallest absolute Gasteiger partial charge is 0.180 e. The number of aromatic nitrogens is 1. The Hall–Kier alpha value is -2.09. The Labute approximate surface area is 171 Å². The van der Waals surface area contributed by atoms with Gasteiger partial charge in [0, 0.05) is 7.05 Å². The highest BCUT2D eigenvalue weighted by Gasteiger charge is 2.28. The summed E-state index contributed by atoms with van der Waals surface area (Å²) in [4.78, 5) is 13.8. The van der Waals surface area contributed by atoms with Crippen molar-refractivity contribution in [1.29, 1.82) is 0 Å². The number of hydrogen-bond acceptors (Lipinski definition) is 7. The summed E-state index contributed by atoms with van der Waals surface area (Å²) < 4.78 is 0. The normalized spacial score (nSPS) is 14.8. The van der Waals surface area contributed by atoms with Crippen LogP contribution in [0.4, 0.5) is 5.13 Å². The molecule has 0 saturated carbocycles. The highest BCUT2D eigenvalue weighted by Crippen LogP contribution is 2.35. The second-order valence-corrected chi connectivity index (χ2v) is 8.81. The standard InChI is InChI=1S/C21H30N4O2S/c1-14(2)9-17(12-26)24(4)18-10-25(11-19-20(18)23-21(22)28-19)27-13-16-8-6-5-7-15(16)3/h5-8,10,14,17,26H,9,11-13H2,1-4H3,(H2,22,23)/t17-/m1/s1. The Kier molecular flexibility index (Phi) is 6.59. The minimum absolute atomic E-state index is 0.0124. The monoisotopic (exact) mass is 402 g/mol. The van der Waals surface area contributed by atoms with E-state index in [4.69, 9.17) is 10.6 Å². The molecule has 7 heteroatoms. The van der Waals surface area contributed by atoms with E-state index in [1.54, 1.807) is 0 Å². The molecule has 1 aromatic heterocycles. The van der Waals surface area contributed by atoms with Gasteiger partial charge in [0.15, 0.2) is 5.13 Å². The van der Waals surface area contributed by atoms with Crippen LogP contribution in [0.2, 0.25) is 0 Å². The van der Waals surface area contributed by atoms with Gasteiger partial charge in [-0.15, -0.1) is 0 Å². The SMILES string of the molecule is Cc1ccccc1CON1C=C(N(C)[C@@H](CO)CC(C)C)c2nc(N)sc2C1. The van der Waals surface area contributed by atoms with Crippen LogP contribution in [0, 0.1) is 12.8 Å². The highest BCUT2D eigenvalue weighted by molar-refractivity contribution is 7.15. The maximum Gasteiger partial charge on any atom is 0.180 e. The van der Waals surface area contributed by atoms with Crippen molar-refractivity contribution in [2.24, 2.45) is 5.92 Å². The van der Waals surface area contributed by atoms with Crippen LogP contribution in [0.1, 0.15) is 42.0 Å². The van der Waals surface area contributed by atoms with Crippen molar-refractivity contribution in [3.8, 4) is 0 Å². The quantitative estimate of drug-likeness (QED) is 0.702. The van der Waals surface area contributed by atoms with Crippen LogP contribution in [0.5, 0.6) is 0 Å². The molecule has 6 nitrogen and oxygen atoms in total. The fourth-order valence-corrected chi connectivity index (χ4v) is 4.25. The van der Waals surface area contributed by atoms with Gasteiger partial charge in [-0.05, 0) is 30.4 Å². The van der Waals surface area contributed by atoms with E-state index in [2.05, 4.69) is 42.8 Å². The molecule has 0 spiro atoms. The summed E-state index contributed by atoms with van der Waals surface area (Å²) in [6, 6.07) is 8.23. The third kappa shape index (κ3) is 4.66. The molecule has 3 rings (SSSR count).